The Kier molecular flexibility index (Phi) is 4.08. The van der Waals surface area contributed by atoms with Crippen LogP contribution in [0.4, 0.5) is 5.69 Å². The van der Waals surface area contributed by atoms with Gasteiger partial charge in [0.1, 0.15) is 16.9 Å². The molecule has 2 rings (SSSR count). The average molecular weight is 314 g/mol. The molecule has 0 atom stereocenters. The Bertz CT molecular complexity index is 615. The quantitative estimate of drug-likeness (QED) is 0.485. The third-order valence-electron chi connectivity index (χ3n) is 3.47. The number of nitrogens with zero attached hydrogens (tertiary/aromatic N) is 2. The lowest BCUT2D eigenvalue weighted by atomic mass is 9.74. The van der Waals surface area contributed by atoms with Crippen molar-refractivity contribution in [1.82, 2.24) is 10.3 Å². The van der Waals surface area contributed by atoms with Gasteiger partial charge in [0.05, 0.1) is 16.9 Å². The van der Waals surface area contributed by atoms with E-state index in [4.69, 9.17) is 16.7 Å². The highest BCUT2D eigenvalue weighted by Crippen LogP contribution is 2.35. The molecule has 1 aromatic heterocycles. The van der Waals surface area contributed by atoms with Crippen LogP contribution in [0.2, 0.25) is 5.15 Å². The Morgan fingerprint density at radius 2 is 2.19 bits per heavy atom. The van der Waals surface area contributed by atoms with E-state index < -0.39 is 28.0 Å². The minimum atomic E-state index is -1.03. The topological polar surface area (TPSA) is 122 Å². The van der Waals surface area contributed by atoms with Crippen LogP contribution in [0, 0.1) is 10.1 Å². The maximum atomic E-state index is 12.2. The van der Waals surface area contributed by atoms with E-state index >= 15 is 0 Å². The van der Waals surface area contributed by atoms with Gasteiger partial charge in [-0.1, -0.05) is 11.6 Å². The lowest BCUT2D eigenvalue weighted by Gasteiger charge is -2.41. The van der Waals surface area contributed by atoms with Crippen LogP contribution in [0.15, 0.2) is 12.3 Å². The largest absolute Gasteiger partial charge is 0.481 e. The van der Waals surface area contributed by atoms with E-state index in [1.54, 1.807) is 0 Å². The number of carbonyl (C=O) groups is 2. The van der Waals surface area contributed by atoms with Crippen LogP contribution in [0.1, 0.15) is 36.0 Å². The summed E-state index contributed by atoms with van der Waals surface area (Å²) in [5.74, 6) is -1.75. The minimum Gasteiger partial charge on any atom is -0.481 e. The summed E-state index contributed by atoms with van der Waals surface area (Å²) in [4.78, 5) is 36.8. The Morgan fingerprint density at radius 3 is 2.67 bits per heavy atom. The first-order valence-electron chi connectivity index (χ1n) is 6.17. The molecule has 9 heteroatoms. The number of rotatable bonds is 5. The number of nitro groups is 1. The normalized spacial score (nSPS) is 15.9. The molecule has 1 amide bonds. The molecule has 8 nitrogen and oxygen atoms in total. The third kappa shape index (κ3) is 3.27. The predicted molar refractivity (Wildman–Crippen MR) is 72.2 cm³/mol. The molecule has 0 saturated heterocycles. The first-order valence-corrected chi connectivity index (χ1v) is 6.55. The van der Waals surface area contributed by atoms with Crippen molar-refractivity contribution in [1.29, 1.82) is 0 Å². The molecular weight excluding hydrogens is 302 g/mol. The molecule has 1 saturated carbocycles. The predicted octanol–water partition coefficient (Wildman–Crippen LogP) is 1.77. The van der Waals surface area contributed by atoms with Gasteiger partial charge in [0.2, 0.25) is 0 Å². The van der Waals surface area contributed by atoms with E-state index in [0.717, 1.165) is 18.7 Å². The molecule has 0 radical (unpaired) electrons. The first kappa shape index (κ1) is 15.2. The van der Waals surface area contributed by atoms with Crippen LogP contribution in [-0.4, -0.2) is 32.4 Å². The number of pyridine rings is 1. The summed E-state index contributed by atoms with van der Waals surface area (Å²) in [6, 6.07) is 1.10. The molecule has 1 aliphatic rings. The van der Waals surface area contributed by atoms with Gasteiger partial charge in [0.25, 0.3) is 11.6 Å². The van der Waals surface area contributed by atoms with Crippen molar-refractivity contribution in [3.05, 3.63) is 33.1 Å². The Balaban J connectivity index is 2.26. The number of aliphatic carboxylic acids is 1. The Labute approximate surface area is 124 Å². The number of carbonyl (C=O) groups excluding carboxylic acids is 1. The van der Waals surface area contributed by atoms with Crippen LogP contribution >= 0.6 is 11.6 Å². The molecule has 1 heterocycles. The smallest absolute Gasteiger partial charge is 0.305 e. The van der Waals surface area contributed by atoms with Crippen molar-refractivity contribution in [2.24, 2.45) is 0 Å². The van der Waals surface area contributed by atoms with Crippen LogP contribution < -0.4 is 5.32 Å². The molecule has 0 unspecified atom stereocenters. The third-order valence-corrected chi connectivity index (χ3v) is 3.68. The molecule has 0 aromatic carbocycles. The summed E-state index contributed by atoms with van der Waals surface area (Å²) in [6.45, 7) is 0. The molecule has 1 aliphatic carbocycles. The minimum absolute atomic E-state index is 0.0494. The molecule has 21 heavy (non-hydrogen) atoms. The average Bonchev–Trinajstić information content (AvgIpc) is 2.34. The highest BCUT2D eigenvalue weighted by atomic mass is 35.5. The zero-order valence-corrected chi connectivity index (χ0v) is 11.6. The number of halogens is 1. The SMILES string of the molecule is O=C(O)CC1(NC(=O)c2cc(Cl)ncc2[N+](=O)[O-])CCC1. The number of carboxylic acids is 1. The fourth-order valence-electron chi connectivity index (χ4n) is 2.30. The maximum Gasteiger partial charge on any atom is 0.305 e. The molecule has 1 aromatic rings. The van der Waals surface area contributed by atoms with Crippen LogP contribution in [0.5, 0.6) is 0 Å². The van der Waals surface area contributed by atoms with Crippen molar-refractivity contribution < 1.29 is 19.6 Å². The summed E-state index contributed by atoms with van der Waals surface area (Å²) < 4.78 is 0. The molecule has 2 N–H and O–H groups in total. The van der Waals surface area contributed by atoms with E-state index in [2.05, 4.69) is 10.3 Å². The van der Waals surface area contributed by atoms with Crippen LogP contribution in [0.3, 0.4) is 0 Å². The van der Waals surface area contributed by atoms with E-state index in [1.807, 2.05) is 0 Å². The summed E-state index contributed by atoms with van der Waals surface area (Å²) in [5, 5.41) is 22.3. The van der Waals surface area contributed by atoms with Gasteiger partial charge in [0.15, 0.2) is 0 Å². The van der Waals surface area contributed by atoms with E-state index in [-0.39, 0.29) is 17.1 Å². The van der Waals surface area contributed by atoms with Crippen molar-refractivity contribution in [2.45, 2.75) is 31.2 Å². The molecule has 112 valence electrons. The highest BCUT2D eigenvalue weighted by Gasteiger charge is 2.41. The van der Waals surface area contributed by atoms with Crippen molar-refractivity contribution >= 4 is 29.2 Å². The molecule has 0 spiro atoms. The Morgan fingerprint density at radius 1 is 1.52 bits per heavy atom. The highest BCUT2D eigenvalue weighted by molar-refractivity contribution is 6.29. The van der Waals surface area contributed by atoms with Crippen LogP contribution in [0.25, 0.3) is 0 Å². The Hall–Kier alpha value is -2.22. The van der Waals surface area contributed by atoms with Gasteiger partial charge in [-0.25, -0.2) is 4.98 Å². The number of nitrogens with one attached hydrogen (secondary N) is 1. The second-order valence-corrected chi connectivity index (χ2v) is 5.33. The summed E-state index contributed by atoms with van der Waals surface area (Å²) >= 11 is 5.66. The number of amides is 1. The maximum absolute atomic E-state index is 12.2. The zero-order valence-electron chi connectivity index (χ0n) is 10.8. The first-order chi connectivity index (χ1) is 9.83. The molecular formula is C12H12ClN3O5. The number of carboxylic acid groups (broad SMARTS) is 1. The lowest BCUT2D eigenvalue weighted by Crippen LogP contribution is -2.54. The molecule has 1 fully saturated rings. The molecule has 0 aliphatic heterocycles. The van der Waals surface area contributed by atoms with Gasteiger partial charge in [-0.3, -0.25) is 19.7 Å². The number of hydrogen-bond donors (Lipinski definition) is 2. The summed E-state index contributed by atoms with van der Waals surface area (Å²) in [5.41, 5.74) is -1.54. The van der Waals surface area contributed by atoms with Gasteiger partial charge >= 0.3 is 5.97 Å². The van der Waals surface area contributed by atoms with Crippen molar-refractivity contribution in [2.75, 3.05) is 0 Å². The van der Waals surface area contributed by atoms with Gasteiger partial charge in [-0.05, 0) is 25.3 Å². The van der Waals surface area contributed by atoms with Gasteiger partial charge in [0, 0.05) is 0 Å². The molecule has 0 bridgehead atoms. The second kappa shape index (κ2) is 5.65. The summed E-state index contributed by atoms with van der Waals surface area (Å²) in [7, 11) is 0. The lowest BCUT2D eigenvalue weighted by molar-refractivity contribution is -0.385. The van der Waals surface area contributed by atoms with Crippen LogP contribution in [-0.2, 0) is 4.79 Å². The number of hydrogen-bond acceptors (Lipinski definition) is 5. The monoisotopic (exact) mass is 313 g/mol. The van der Waals surface area contributed by atoms with Gasteiger partial charge < -0.3 is 10.4 Å². The van der Waals surface area contributed by atoms with E-state index in [9.17, 15) is 19.7 Å². The van der Waals surface area contributed by atoms with Gasteiger partial charge in [-0.15, -0.1) is 0 Å². The number of aromatic nitrogens is 1. The fraction of sp³-hybridized carbons (Fsp3) is 0.417. The second-order valence-electron chi connectivity index (χ2n) is 4.94. The van der Waals surface area contributed by atoms with Gasteiger partial charge in [-0.2, -0.15) is 0 Å². The zero-order chi connectivity index (χ0) is 15.6. The summed E-state index contributed by atoms with van der Waals surface area (Å²) in [6.07, 6.45) is 2.54. The standard InChI is InChI=1S/C12H12ClN3O5/c13-9-4-7(8(6-14-9)16(20)21)11(19)15-12(2-1-3-12)5-10(17)18/h4,6H,1-3,5H2,(H,15,19)(H,17,18). The van der Waals surface area contributed by atoms with E-state index in [1.165, 1.54) is 0 Å². The van der Waals surface area contributed by atoms with Crippen molar-refractivity contribution in [3.63, 3.8) is 0 Å². The fourth-order valence-corrected chi connectivity index (χ4v) is 2.46. The van der Waals surface area contributed by atoms with Crippen molar-refractivity contribution in [3.8, 4) is 0 Å². The van der Waals surface area contributed by atoms with E-state index in [0.29, 0.717) is 12.8 Å².